The highest BCUT2D eigenvalue weighted by Gasteiger charge is 2.39. The fourth-order valence-corrected chi connectivity index (χ4v) is 5.67. The van der Waals surface area contributed by atoms with Gasteiger partial charge in [-0.25, -0.2) is 23.4 Å². The summed E-state index contributed by atoms with van der Waals surface area (Å²) in [4.78, 5) is 21.9. The molecule has 180 valence electrons. The van der Waals surface area contributed by atoms with E-state index in [2.05, 4.69) is 36.7 Å². The minimum atomic E-state index is -3.05. The predicted molar refractivity (Wildman–Crippen MR) is 139 cm³/mol. The Morgan fingerprint density at radius 1 is 1.26 bits per heavy atom. The van der Waals surface area contributed by atoms with Crippen LogP contribution in [0.1, 0.15) is 19.4 Å². The molecule has 0 spiro atoms. The van der Waals surface area contributed by atoms with Crippen LogP contribution >= 0.6 is 11.6 Å². The van der Waals surface area contributed by atoms with Crippen LogP contribution in [0.2, 0.25) is 5.15 Å². The molecule has 1 fully saturated rings. The Morgan fingerprint density at radius 2 is 2.00 bits per heavy atom. The lowest BCUT2D eigenvalue weighted by molar-refractivity contribution is 0.339. The molecule has 1 aliphatic rings. The SMILES string of the molecule is C=C(C)c1c(Cl)nc(N2C[C@H](CS(C)(=O)=O)[C@H]2C)c2cnc(Nc3ccnc(N(C)C)n3)cc12. The molecule has 4 heterocycles. The molecule has 4 rings (SSSR count). The molecule has 1 saturated heterocycles. The van der Waals surface area contributed by atoms with Gasteiger partial charge in [0, 0.05) is 67.6 Å². The first-order valence-corrected chi connectivity index (χ1v) is 13.3. The molecule has 0 bridgehead atoms. The van der Waals surface area contributed by atoms with Gasteiger partial charge in [0.1, 0.15) is 32.4 Å². The molecule has 0 aliphatic carbocycles. The fraction of sp³-hybridized carbons (Fsp3) is 0.391. The molecule has 0 radical (unpaired) electrons. The van der Waals surface area contributed by atoms with Crippen LogP contribution in [0.5, 0.6) is 0 Å². The minimum Gasteiger partial charge on any atom is -0.353 e. The van der Waals surface area contributed by atoms with E-state index in [0.717, 1.165) is 21.9 Å². The quantitative estimate of drug-likeness (QED) is 0.484. The number of hydrogen-bond donors (Lipinski definition) is 1. The molecule has 0 unspecified atom stereocenters. The van der Waals surface area contributed by atoms with Crippen molar-refractivity contribution in [3.8, 4) is 0 Å². The molecule has 3 aromatic rings. The van der Waals surface area contributed by atoms with E-state index in [1.807, 2.05) is 38.9 Å². The maximum Gasteiger partial charge on any atom is 0.226 e. The predicted octanol–water partition coefficient (Wildman–Crippen LogP) is 3.79. The van der Waals surface area contributed by atoms with Crippen LogP contribution in [-0.2, 0) is 9.84 Å². The van der Waals surface area contributed by atoms with E-state index in [4.69, 9.17) is 11.6 Å². The standard InChI is InChI=1S/C23H28ClN7O2S/c1-13(2)20-16-9-19(27-18-7-8-25-23(28-18)30(4)5)26-10-17(16)22(29-21(20)24)31-11-15(14(31)3)12-34(6,32)33/h7-10,14-15H,1,11-12H2,2-6H3,(H,25,26,27,28)/t14-,15-/m1/s1. The Labute approximate surface area is 204 Å². The molecule has 11 heteroatoms. The van der Waals surface area contributed by atoms with Crippen LogP contribution < -0.4 is 15.1 Å². The summed E-state index contributed by atoms with van der Waals surface area (Å²) in [5, 5.41) is 5.27. The number of aromatic nitrogens is 4. The van der Waals surface area contributed by atoms with E-state index in [-0.39, 0.29) is 17.7 Å². The molecule has 0 aromatic carbocycles. The Morgan fingerprint density at radius 3 is 2.62 bits per heavy atom. The Bertz CT molecular complexity index is 1380. The molecule has 34 heavy (non-hydrogen) atoms. The molecule has 0 amide bonds. The summed E-state index contributed by atoms with van der Waals surface area (Å²) in [6.45, 7) is 8.57. The van der Waals surface area contributed by atoms with Crippen LogP contribution in [0.25, 0.3) is 16.3 Å². The first kappa shape index (κ1) is 24.2. The third kappa shape index (κ3) is 4.78. The number of nitrogens with one attached hydrogen (secondary N) is 1. The summed E-state index contributed by atoms with van der Waals surface area (Å²) in [5.74, 6) is 2.68. The third-order valence-corrected chi connectivity index (χ3v) is 7.25. The van der Waals surface area contributed by atoms with Gasteiger partial charge >= 0.3 is 0 Å². The Balaban J connectivity index is 1.74. The molecule has 3 aromatic heterocycles. The summed E-state index contributed by atoms with van der Waals surface area (Å²) in [7, 11) is 0.697. The number of halogens is 1. The van der Waals surface area contributed by atoms with Crippen molar-refractivity contribution >= 4 is 61.2 Å². The lowest BCUT2D eigenvalue weighted by Crippen LogP contribution is -2.57. The van der Waals surface area contributed by atoms with Gasteiger partial charge in [0.2, 0.25) is 5.95 Å². The average molecular weight is 502 g/mol. The van der Waals surface area contributed by atoms with Gasteiger partial charge < -0.3 is 15.1 Å². The van der Waals surface area contributed by atoms with Crippen LogP contribution in [0.3, 0.4) is 0 Å². The van der Waals surface area contributed by atoms with Crippen molar-refractivity contribution in [2.75, 3.05) is 47.8 Å². The maximum absolute atomic E-state index is 11.8. The zero-order chi connectivity index (χ0) is 24.8. The van der Waals surface area contributed by atoms with Crippen molar-refractivity contribution in [2.45, 2.75) is 19.9 Å². The second-order valence-electron chi connectivity index (χ2n) is 9.00. The molecule has 1 N–H and O–H groups in total. The van der Waals surface area contributed by atoms with Crippen LogP contribution in [0.4, 0.5) is 23.4 Å². The summed E-state index contributed by atoms with van der Waals surface area (Å²) < 4.78 is 23.5. The van der Waals surface area contributed by atoms with E-state index >= 15 is 0 Å². The van der Waals surface area contributed by atoms with Crippen molar-refractivity contribution in [1.29, 1.82) is 0 Å². The third-order valence-electron chi connectivity index (χ3n) is 5.94. The topological polar surface area (TPSA) is 104 Å². The van der Waals surface area contributed by atoms with E-state index in [0.29, 0.717) is 35.1 Å². The number of pyridine rings is 2. The van der Waals surface area contributed by atoms with Gasteiger partial charge in [-0.3, -0.25) is 0 Å². The smallest absolute Gasteiger partial charge is 0.226 e. The minimum absolute atomic E-state index is 0.0143. The Hall–Kier alpha value is -2.98. The van der Waals surface area contributed by atoms with E-state index in [1.54, 1.807) is 18.5 Å². The number of anilines is 4. The second-order valence-corrected chi connectivity index (χ2v) is 11.5. The number of rotatable bonds is 7. The van der Waals surface area contributed by atoms with E-state index in [1.165, 1.54) is 6.26 Å². The zero-order valence-electron chi connectivity index (χ0n) is 19.9. The maximum atomic E-state index is 11.8. The monoisotopic (exact) mass is 501 g/mol. The largest absolute Gasteiger partial charge is 0.353 e. The Kier molecular flexibility index (Phi) is 6.39. The van der Waals surface area contributed by atoms with Crippen molar-refractivity contribution in [3.63, 3.8) is 0 Å². The highest BCUT2D eigenvalue weighted by atomic mass is 35.5. The number of fused-ring (bicyclic) bond motifs is 1. The lowest BCUT2D eigenvalue weighted by atomic mass is 9.91. The number of sulfone groups is 1. The normalized spacial score (nSPS) is 18.0. The van der Waals surface area contributed by atoms with Gasteiger partial charge in [0.05, 0.1) is 5.75 Å². The van der Waals surface area contributed by atoms with Gasteiger partial charge in [-0.1, -0.05) is 18.2 Å². The van der Waals surface area contributed by atoms with Crippen LogP contribution in [0.15, 0.2) is 31.1 Å². The number of hydrogen-bond acceptors (Lipinski definition) is 9. The van der Waals surface area contributed by atoms with Gasteiger partial charge in [0.15, 0.2) is 0 Å². The molecule has 1 aliphatic heterocycles. The van der Waals surface area contributed by atoms with Gasteiger partial charge in [-0.15, -0.1) is 0 Å². The first-order chi connectivity index (χ1) is 15.9. The second kappa shape index (κ2) is 8.99. The van der Waals surface area contributed by atoms with Crippen molar-refractivity contribution in [3.05, 3.63) is 41.8 Å². The van der Waals surface area contributed by atoms with E-state index < -0.39 is 9.84 Å². The molecule has 2 atom stereocenters. The summed E-state index contributed by atoms with van der Waals surface area (Å²) in [6.07, 6.45) is 4.71. The molecular weight excluding hydrogens is 474 g/mol. The first-order valence-electron chi connectivity index (χ1n) is 10.8. The van der Waals surface area contributed by atoms with Crippen molar-refractivity contribution < 1.29 is 8.42 Å². The van der Waals surface area contributed by atoms with Crippen molar-refractivity contribution in [2.24, 2.45) is 5.92 Å². The summed E-state index contributed by atoms with van der Waals surface area (Å²) >= 11 is 6.63. The fourth-order valence-electron chi connectivity index (χ4n) is 4.17. The van der Waals surface area contributed by atoms with Gasteiger partial charge in [0.25, 0.3) is 0 Å². The highest BCUT2D eigenvalue weighted by Crippen LogP contribution is 2.40. The summed E-state index contributed by atoms with van der Waals surface area (Å²) in [5.41, 5.74) is 1.54. The van der Waals surface area contributed by atoms with Crippen molar-refractivity contribution in [1.82, 2.24) is 19.9 Å². The summed E-state index contributed by atoms with van der Waals surface area (Å²) in [6, 6.07) is 3.69. The highest BCUT2D eigenvalue weighted by molar-refractivity contribution is 7.90. The molecule has 0 saturated carbocycles. The lowest BCUT2D eigenvalue weighted by Gasteiger charge is -2.47. The van der Waals surface area contributed by atoms with Crippen LogP contribution in [-0.4, -0.2) is 67.0 Å². The zero-order valence-corrected chi connectivity index (χ0v) is 21.4. The number of nitrogens with zero attached hydrogens (tertiary/aromatic N) is 6. The van der Waals surface area contributed by atoms with E-state index in [9.17, 15) is 8.42 Å². The average Bonchev–Trinajstić information content (AvgIpc) is 2.74. The van der Waals surface area contributed by atoms with Gasteiger partial charge in [-0.05, 0) is 31.6 Å². The van der Waals surface area contributed by atoms with Crippen LogP contribution in [0, 0.1) is 5.92 Å². The molecular formula is C23H28ClN7O2S. The number of allylic oxidation sites excluding steroid dienone is 1. The molecule has 9 nitrogen and oxygen atoms in total. The van der Waals surface area contributed by atoms with Gasteiger partial charge in [-0.2, -0.15) is 4.98 Å².